The number of aliphatic hydroxyl groups is 5. The van der Waals surface area contributed by atoms with Crippen molar-refractivity contribution in [2.75, 3.05) is 13.2 Å². The van der Waals surface area contributed by atoms with Crippen molar-refractivity contribution in [1.82, 2.24) is 5.32 Å². The zero-order valence-electron chi connectivity index (χ0n) is 48.6. The van der Waals surface area contributed by atoms with Gasteiger partial charge in [0.15, 0.2) is 6.29 Å². The highest BCUT2D eigenvalue weighted by molar-refractivity contribution is 5.76. The van der Waals surface area contributed by atoms with Gasteiger partial charge in [-0.1, -0.05) is 294 Å². The minimum absolute atomic E-state index is 0.173. The van der Waals surface area contributed by atoms with Crippen molar-refractivity contribution in [3.63, 3.8) is 0 Å². The summed E-state index contributed by atoms with van der Waals surface area (Å²) < 4.78 is 11.3. The summed E-state index contributed by atoms with van der Waals surface area (Å²) >= 11 is 0. The van der Waals surface area contributed by atoms with Crippen molar-refractivity contribution in [1.29, 1.82) is 0 Å². The molecule has 0 aliphatic carbocycles. The molecule has 1 aliphatic rings. The van der Waals surface area contributed by atoms with Gasteiger partial charge in [-0.05, 0) is 51.4 Å². The number of amides is 1. The van der Waals surface area contributed by atoms with Crippen LogP contribution < -0.4 is 5.32 Å². The van der Waals surface area contributed by atoms with Crippen LogP contribution >= 0.6 is 0 Å². The van der Waals surface area contributed by atoms with E-state index >= 15 is 0 Å². The van der Waals surface area contributed by atoms with Crippen molar-refractivity contribution in [2.45, 2.75) is 358 Å². The minimum Gasteiger partial charge on any atom is -0.394 e. The van der Waals surface area contributed by atoms with Crippen LogP contribution in [0.1, 0.15) is 316 Å². The maximum atomic E-state index is 13.1. The van der Waals surface area contributed by atoms with Crippen molar-refractivity contribution in [3.05, 3.63) is 36.5 Å². The maximum absolute atomic E-state index is 13.1. The lowest BCUT2D eigenvalue weighted by Gasteiger charge is -2.40. The van der Waals surface area contributed by atoms with Gasteiger partial charge in [0.2, 0.25) is 5.91 Å². The zero-order chi connectivity index (χ0) is 53.6. The fourth-order valence-electron chi connectivity index (χ4n) is 10.4. The Kier molecular flexibility index (Phi) is 52.1. The van der Waals surface area contributed by atoms with Crippen LogP contribution in [0.15, 0.2) is 36.5 Å². The summed E-state index contributed by atoms with van der Waals surface area (Å²) in [6, 6.07) is -0.806. The number of unbranched alkanes of at least 4 members (excludes halogenated alkanes) is 42. The lowest BCUT2D eigenvalue weighted by atomic mass is 9.99. The van der Waals surface area contributed by atoms with Crippen LogP contribution in [0, 0.1) is 0 Å². The van der Waals surface area contributed by atoms with Crippen LogP contribution in [0.3, 0.4) is 0 Å². The summed E-state index contributed by atoms with van der Waals surface area (Å²) in [5.74, 6) is -0.173. The molecule has 436 valence electrons. The highest BCUT2D eigenvalue weighted by atomic mass is 16.7. The molecule has 0 spiro atoms. The van der Waals surface area contributed by atoms with Crippen molar-refractivity contribution >= 4 is 5.91 Å². The average Bonchev–Trinajstić information content (AvgIpc) is 3.40. The number of carbonyl (C=O) groups is 1. The normalized spacial score (nSPS) is 19.1. The van der Waals surface area contributed by atoms with Gasteiger partial charge in [-0.15, -0.1) is 0 Å². The summed E-state index contributed by atoms with van der Waals surface area (Å²) in [4.78, 5) is 13.1. The lowest BCUT2D eigenvalue weighted by Crippen LogP contribution is -2.60. The molecule has 0 saturated carbocycles. The summed E-state index contributed by atoms with van der Waals surface area (Å²) in [7, 11) is 0. The molecule has 1 aliphatic heterocycles. The third-order valence-electron chi connectivity index (χ3n) is 15.5. The number of nitrogens with one attached hydrogen (secondary N) is 1. The number of hydrogen-bond acceptors (Lipinski definition) is 8. The van der Waals surface area contributed by atoms with Crippen molar-refractivity contribution in [3.8, 4) is 0 Å². The molecule has 1 amide bonds. The van der Waals surface area contributed by atoms with Gasteiger partial charge < -0.3 is 40.3 Å². The molecule has 9 heteroatoms. The van der Waals surface area contributed by atoms with Crippen molar-refractivity contribution in [2.24, 2.45) is 0 Å². The summed E-state index contributed by atoms with van der Waals surface area (Å²) in [6.07, 6.45) is 65.1. The van der Waals surface area contributed by atoms with E-state index < -0.39 is 49.5 Å². The number of aliphatic hydroxyl groups excluding tert-OH is 5. The molecule has 9 nitrogen and oxygen atoms in total. The Morgan fingerprint density at radius 3 is 1.16 bits per heavy atom. The van der Waals surface area contributed by atoms with Gasteiger partial charge in [0, 0.05) is 6.42 Å². The predicted molar refractivity (Wildman–Crippen MR) is 313 cm³/mol. The summed E-state index contributed by atoms with van der Waals surface area (Å²) in [5.41, 5.74) is 0. The summed E-state index contributed by atoms with van der Waals surface area (Å²) in [5, 5.41) is 54.7. The lowest BCUT2D eigenvalue weighted by molar-refractivity contribution is -0.302. The van der Waals surface area contributed by atoms with E-state index in [1.165, 1.54) is 250 Å². The van der Waals surface area contributed by atoms with E-state index in [9.17, 15) is 30.3 Å². The van der Waals surface area contributed by atoms with E-state index in [0.717, 1.165) is 44.9 Å². The monoisotopic (exact) mass is 1050 g/mol. The van der Waals surface area contributed by atoms with E-state index in [0.29, 0.717) is 6.42 Å². The van der Waals surface area contributed by atoms with Crippen LogP contribution in [0.25, 0.3) is 0 Å². The average molecular weight is 1050 g/mol. The van der Waals surface area contributed by atoms with Gasteiger partial charge in [0.1, 0.15) is 24.4 Å². The molecule has 7 unspecified atom stereocenters. The number of ether oxygens (including phenoxy) is 2. The molecule has 1 fully saturated rings. The Hall–Kier alpha value is -1.59. The largest absolute Gasteiger partial charge is 0.394 e. The predicted octanol–water partition coefficient (Wildman–Crippen LogP) is 16.7. The Bertz CT molecular complexity index is 1260. The van der Waals surface area contributed by atoms with Gasteiger partial charge in [-0.25, -0.2) is 0 Å². The third-order valence-corrected chi connectivity index (χ3v) is 15.5. The maximum Gasteiger partial charge on any atom is 0.220 e. The third kappa shape index (κ3) is 43.4. The van der Waals surface area contributed by atoms with Crippen LogP contribution in [0.2, 0.25) is 0 Å². The molecule has 74 heavy (non-hydrogen) atoms. The van der Waals surface area contributed by atoms with Crippen LogP contribution in [-0.4, -0.2) is 87.5 Å². The van der Waals surface area contributed by atoms with Gasteiger partial charge in [0.05, 0.1) is 25.4 Å². The molecule has 1 heterocycles. The SMILES string of the molecule is CCCCCCCCCCC/C=C\C/C=C\CCCCCCCCCCCCCCCC(=O)NC(COC1OC(CO)C(O)C(O)C1O)C(O)/C=C/CCCCCCCCCCCCCCCCCCCCCC. The van der Waals surface area contributed by atoms with E-state index in [4.69, 9.17) is 9.47 Å². The van der Waals surface area contributed by atoms with Crippen LogP contribution in [0.5, 0.6) is 0 Å². The quantitative estimate of drug-likeness (QED) is 0.0261. The van der Waals surface area contributed by atoms with E-state index in [1.54, 1.807) is 6.08 Å². The highest BCUT2D eigenvalue weighted by Crippen LogP contribution is 2.23. The second kappa shape index (κ2) is 54.8. The number of allylic oxidation sites excluding steroid dienone is 5. The first kappa shape index (κ1) is 70.4. The molecular formula is C65H123NO8. The number of hydrogen-bond donors (Lipinski definition) is 6. The molecule has 7 atom stereocenters. The second-order valence-electron chi connectivity index (χ2n) is 22.6. The standard InChI is InChI=1S/C65H123NO8/c1-3-5-7-9-11-13-15-17-19-21-23-25-27-28-29-30-31-32-33-35-37-39-41-43-45-47-49-51-53-55-61(69)66-58(57-73-65-64(72)63(71)62(70)60(56-67)74-65)59(68)54-52-50-48-46-44-42-40-38-36-34-26-24-22-20-18-16-14-12-10-8-6-4-2/h23,25,28-29,52,54,58-60,62-65,67-68,70-72H,3-22,24,26-27,30-51,53,55-57H2,1-2H3,(H,66,69)/b25-23-,29-28-,54-52+. The number of carbonyl (C=O) groups excluding carboxylic acids is 1. The van der Waals surface area contributed by atoms with Crippen molar-refractivity contribution < 1.29 is 39.8 Å². The van der Waals surface area contributed by atoms with E-state index in [1.807, 2.05) is 6.08 Å². The minimum atomic E-state index is -1.57. The molecule has 6 N–H and O–H groups in total. The molecule has 0 bridgehead atoms. The molecule has 0 aromatic carbocycles. The van der Waals surface area contributed by atoms with Gasteiger partial charge in [-0.2, -0.15) is 0 Å². The first-order chi connectivity index (χ1) is 36.3. The molecule has 1 saturated heterocycles. The van der Waals surface area contributed by atoms with Gasteiger partial charge in [-0.3, -0.25) is 4.79 Å². The first-order valence-electron chi connectivity index (χ1n) is 32.2. The fraction of sp³-hybridized carbons (Fsp3) is 0.892. The Morgan fingerprint density at radius 1 is 0.459 bits per heavy atom. The first-order valence-corrected chi connectivity index (χ1v) is 32.2. The Labute approximate surface area is 457 Å². The fourth-order valence-corrected chi connectivity index (χ4v) is 10.4. The molecule has 1 rings (SSSR count). The Balaban J connectivity index is 2.17. The molecule has 0 aromatic heterocycles. The van der Waals surface area contributed by atoms with E-state index in [-0.39, 0.29) is 12.5 Å². The summed E-state index contributed by atoms with van der Waals surface area (Å²) in [6.45, 7) is 3.82. The second-order valence-corrected chi connectivity index (χ2v) is 22.6. The number of rotatable bonds is 56. The Morgan fingerprint density at radius 2 is 0.797 bits per heavy atom. The van der Waals surface area contributed by atoms with Crippen LogP contribution in [0.4, 0.5) is 0 Å². The molecule has 0 aromatic rings. The van der Waals surface area contributed by atoms with E-state index in [2.05, 4.69) is 43.5 Å². The zero-order valence-corrected chi connectivity index (χ0v) is 48.6. The van der Waals surface area contributed by atoms with Crippen LogP contribution in [-0.2, 0) is 14.3 Å². The smallest absolute Gasteiger partial charge is 0.220 e. The molecular weight excluding hydrogens is 923 g/mol. The highest BCUT2D eigenvalue weighted by Gasteiger charge is 2.44. The molecule has 0 radical (unpaired) electrons. The topological polar surface area (TPSA) is 149 Å². The van der Waals surface area contributed by atoms with Gasteiger partial charge in [0.25, 0.3) is 0 Å². The van der Waals surface area contributed by atoms with Gasteiger partial charge >= 0.3 is 0 Å².